The molecule has 5 heteroatoms. The Balaban J connectivity index is 2.28. The zero-order valence-corrected chi connectivity index (χ0v) is 12.1. The summed E-state index contributed by atoms with van der Waals surface area (Å²) in [5.41, 5.74) is 1.66. The van der Waals surface area contributed by atoms with Crippen molar-refractivity contribution in [2.45, 2.75) is 6.92 Å². The van der Waals surface area contributed by atoms with E-state index in [0.717, 1.165) is 0 Å². The fraction of sp³-hybridized carbons (Fsp3) is 0.188. The number of phenols is 1. The van der Waals surface area contributed by atoms with Crippen LogP contribution in [-0.2, 0) is 0 Å². The Kier molecular flexibility index (Phi) is 4.33. The molecule has 5 nitrogen and oxygen atoms in total. The van der Waals surface area contributed by atoms with E-state index in [1.807, 2.05) is 0 Å². The fourth-order valence-electron chi connectivity index (χ4n) is 1.92. The van der Waals surface area contributed by atoms with Gasteiger partial charge in [0, 0.05) is 5.69 Å². The molecule has 0 saturated carbocycles. The van der Waals surface area contributed by atoms with Gasteiger partial charge in [-0.2, -0.15) is 0 Å². The third-order valence-corrected chi connectivity index (χ3v) is 3.11. The molecule has 2 rings (SSSR count). The van der Waals surface area contributed by atoms with Gasteiger partial charge in [-0.3, -0.25) is 4.79 Å². The van der Waals surface area contributed by atoms with Gasteiger partial charge in [0.15, 0.2) is 0 Å². The summed E-state index contributed by atoms with van der Waals surface area (Å²) in [7, 11) is 3.04. The van der Waals surface area contributed by atoms with Gasteiger partial charge in [0.1, 0.15) is 17.2 Å². The van der Waals surface area contributed by atoms with Crippen LogP contribution in [0.1, 0.15) is 15.9 Å². The van der Waals surface area contributed by atoms with E-state index < -0.39 is 0 Å². The van der Waals surface area contributed by atoms with E-state index in [4.69, 9.17) is 9.47 Å². The van der Waals surface area contributed by atoms with Crippen LogP contribution in [0, 0.1) is 6.92 Å². The average molecular weight is 287 g/mol. The zero-order chi connectivity index (χ0) is 15.4. The third-order valence-electron chi connectivity index (χ3n) is 3.11. The lowest BCUT2D eigenvalue weighted by Gasteiger charge is -2.11. The van der Waals surface area contributed by atoms with Crippen LogP contribution in [0.2, 0.25) is 0 Å². The standard InChI is InChI=1S/C16H17NO4/c1-10-8-11(4-6-14(10)18)17-16(19)13-9-12(20-2)5-7-15(13)21-3/h4-9,18H,1-3H3,(H,17,19). The van der Waals surface area contributed by atoms with Crippen LogP contribution in [0.5, 0.6) is 17.2 Å². The molecule has 0 heterocycles. The first kappa shape index (κ1) is 14.7. The minimum absolute atomic E-state index is 0.187. The van der Waals surface area contributed by atoms with Gasteiger partial charge in [0.05, 0.1) is 19.8 Å². The number of anilines is 1. The van der Waals surface area contributed by atoms with Crippen LogP contribution in [0.3, 0.4) is 0 Å². The van der Waals surface area contributed by atoms with Crippen LogP contribution in [-0.4, -0.2) is 25.2 Å². The predicted molar refractivity (Wildman–Crippen MR) is 80.3 cm³/mol. The number of hydrogen-bond donors (Lipinski definition) is 2. The molecule has 0 aliphatic heterocycles. The monoisotopic (exact) mass is 287 g/mol. The van der Waals surface area contributed by atoms with Crippen molar-refractivity contribution in [1.29, 1.82) is 0 Å². The predicted octanol–water partition coefficient (Wildman–Crippen LogP) is 2.97. The summed E-state index contributed by atoms with van der Waals surface area (Å²) in [5.74, 6) is 0.912. The van der Waals surface area contributed by atoms with Crippen molar-refractivity contribution in [3.8, 4) is 17.2 Å². The molecular weight excluding hydrogens is 270 g/mol. The molecule has 0 atom stereocenters. The van der Waals surface area contributed by atoms with Gasteiger partial charge in [-0.1, -0.05) is 0 Å². The Morgan fingerprint density at radius 2 is 1.86 bits per heavy atom. The van der Waals surface area contributed by atoms with E-state index in [2.05, 4.69) is 5.32 Å². The van der Waals surface area contributed by atoms with Gasteiger partial charge in [-0.05, 0) is 48.9 Å². The van der Waals surface area contributed by atoms with E-state index in [1.54, 1.807) is 37.3 Å². The first-order valence-corrected chi connectivity index (χ1v) is 6.38. The summed E-state index contributed by atoms with van der Waals surface area (Å²) in [6, 6.07) is 9.87. The van der Waals surface area contributed by atoms with Crippen molar-refractivity contribution in [2.24, 2.45) is 0 Å². The zero-order valence-electron chi connectivity index (χ0n) is 12.1. The van der Waals surface area contributed by atoms with Gasteiger partial charge in [0.25, 0.3) is 5.91 Å². The van der Waals surface area contributed by atoms with Crippen LogP contribution >= 0.6 is 0 Å². The number of benzene rings is 2. The van der Waals surface area contributed by atoms with Crippen LogP contribution in [0.15, 0.2) is 36.4 Å². The number of nitrogens with one attached hydrogen (secondary N) is 1. The van der Waals surface area contributed by atoms with E-state index >= 15 is 0 Å². The summed E-state index contributed by atoms with van der Waals surface area (Å²) in [6.07, 6.45) is 0. The Bertz CT molecular complexity index is 667. The maximum Gasteiger partial charge on any atom is 0.259 e. The molecule has 2 aromatic rings. The Labute approximate surface area is 123 Å². The van der Waals surface area contributed by atoms with Gasteiger partial charge in [-0.15, -0.1) is 0 Å². The molecule has 0 saturated heterocycles. The van der Waals surface area contributed by atoms with Crippen molar-refractivity contribution in [1.82, 2.24) is 0 Å². The number of hydrogen-bond acceptors (Lipinski definition) is 4. The molecule has 0 unspecified atom stereocenters. The SMILES string of the molecule is COc1ccc(OC)c(C(=O)Nc2ccc(O)c(C)c2)c1. The van der Waals surface area contributed by atoms with Crippen molar-refractivity contribution >= 4 is 11.6 Å². The highest BCUT2D eigenvalue weighted by Crippen LogP contribution is 2.26. The molecule has 1 amide bonds. The molecular formula is C16H17NO4. The summed E-state index contributed by atoms with van der Waals surface area (Å²) >= 11 is 0. The van der Waals surface area contributed by atoms with Crippen molar-refractivity contribution in [3.05, 3.63) is 47.5 Å². The number of amides is 1. The third kappa shape index (κ3) is 3.25. The number of carbonyl (C=O) groups is 1. The Hall–Kier alpha value is -2.69. The normalized spacial score (nSPS) is 10.0. The van der Waals surface area contributed by atoms with Crippen LogP contribution < -0.4 is 14.8 Å². The highest BCUT2D eigenvalue weighted by atomic mass is 16.5. The molecule has 0 aromatic heterocycles. The number of aryl methyl sites for hydroxylation is 1. The summed E-state index contributed by atoms with van der Waals surface area (Å²) in [6.45, 7) is 1.76. The topological polar surface area (TPSA) is 67.8 Å². The number of rotatable bonds is 4. The number of ether oxygens (including phenoxy) is 2. The second kappa shape index (κ2) is 6.17. The summed E-state index contributed by atoms with van der Waals surface area (Å²) in [5, 5.41) is 12.3. The largest absolute Gasteiger partial charge is 0.508 e. The van der Waals surface area contributed by atoms with E-state index in [-0.39, 0.29) is 11.7 Å². The molecule has 0 aliphatic rings. The molecule has 0 radical (unpaired) electrons. The molecule has 21 heavy (non-hydrogen) atoms. The quantitative estimate of drug-likeness (QED) is 0.848. The maximum atomic E-state index is 12.3. The second-order valence-electron chi connectivity index (χ2n) is 4.52. The molecule has 2 aromatic carbocycles. The minimum Gasteiger partial charge on any atom is -0.508 e. The molecule has 0 fully saturated rings. The molecule has 110 valence electrons. The molecule has 2 N–H and O–H groups in total. The minimum atomic E-state index is -0.309. The number of phenolic OH excluding ortho intramolecular Hbond substituents is 1. The number of carbonyl (C=O) groups excluding carboxylic acids is 1. The van der Waals surface area contributed by atoms with E-state index in [1.165, 1.54) is 20.3 Å². The van der Waals surface area contributed by atoms with Gasteiger partial charge >= 0.3 is 0 Å². The van der Waals surface area contributed by atoms with Gasteiger partial charge in [0.2, 0.25) is 0 Å². The Morgan fingerprint density at radius 3 is 2.48 bits per heavy atom. The van der Waals surface area contributed by atoms with Crippen LogP contribution in [0.4, 0.5) is 5.69 Å². The maximum absolute atomic E-state index is 12.3. The lowest BCUT2D eigenvalue weighted by atomic mass is 10.1. The highest BCUT2D eigenvalue weighted by molar-refractivity contribution is 6.06. The lowest BCUT2D eigenvalue weighted by Crippen LogP contribution is -2.13. The first-order chi connectivity index (χ1) is 10.0. The number of aromatic hydroxyl groups is 1. The van der Waals surface area contributed by atoms with Crippen LogP contribution in [0.25, 0.3) is 0 Å². The molecule has 0 aliphatic carbocycles. The van der Waals surface area contributed by atoms with Crippen molar-refractivity contribution < 1.29 is 19.4 Å². The lowest BCUT2D eigenvalue weighted by molar-refractivity contribution is 0.102. The van der Waals surface area contributed by atoms with Crippen molar-refractivity contribution in [3.63, 3.8) is 0 Å². The van der Waals surface area contributed by atoms with Gasteiger partial charge < -0.3 is 19.9 Å². The fourth-order valence-corrected chi connectivity index (χ4v) is 1.92. The Morgan fingerprint density at radius 1 is 1.10 bits per heavy atom. The van der Waals surface area contributed by atoms with E-state index in [0.29, 0.717) is 28.3 Å². The summed E-state index contributed by atoms with van der Waals surface area (Å²) < 4.78 is 10.3. The van der Waals surface area contributed by atoms with Gasteiger partial charge in [-0.25, -0.2) is 0 Å². The second-order valence-corrected chi connectivity index (χ2v) is 4.52. The van der Waals surface area contributed by atoms with Crippen molar-refractivity contribution in [2.75, 3.05) is 19.5 Å². The van der Waals surface area contributed by atoms with E-state index in [9.17, 15) is 9.90 Å². The molecule has 0 bridgehead atoms. The number of methoxy groups -OCH3 is 2. The summed E-state index contributed by atoms with van der Waals surface area (Å²) in [4.78, 5) is 12.3. The average Bonchev–Trinajstić information content (AvgIpc) is 2.50. The first-order valence-electron chi connectivity index (χ1n) is 6.38. The highest BCUT2D eigenvalue weighted by Gasteiger charge is 2.14. The smallest absolute Gasteiger partial charge is 0.259 e. The molecule has 0 spiro atoms.